The molecule has 1 aliphatic heterocycles. The summed E-state index contributed by atoms with van der Waals surface area (Å²) in [4.78, 5) is 18.2. The Bertz CT molecular complexity index is 788. The maximum atomic E-state index is 12.1. The highest BCUT2D eigenvalue weighted by Crippen LogP contribution is 2.31. The second kappa shape index (κ2) is 7.70. The number of carbonyl (C=O) groups is 1. The van der Waals surface area contributed by atoms with E-state index < -0.39 is 0 Å². The van der Waals surface area contributed by atoms with E-state index in [0.29, 0.717) is 19.0 Å². The van der Waals surface area contributed by atoms with E-state index in [1.54, 1.807) is 4.90 Å². The van der Waals surface area contributed by atoms with E-state index in [9.17, 15) is 4.79 Å². The second-order valence-electron chi connectivity index (χ2n) is 5.92. The number of benzene rings is 2. The van der Waals surface area contributed by atoms with Gasteiger partial charge in [-0.05, 0) is 43.2 Å². The summed E-state index contributed by atoms with van der Waals surface area (Å²) >= 11 is 0. The zero-order valence-corrected chi connectivity index (χ0v) is 14.2. The number of amides is 1. The molecule has 1 amide bonds. The lowest BCUT2D eigenvalue weighted by molar-refractivity contribution is -0.121. The Morgan fingerprint density at radius 2 is 2.12 bits per heavy atom. The molecule has 0 aliphatic carbocycles. The Morgan fingerprint density at radius 1 is 1.28 bits per heavy atom. The number of aryl methyl sites for hydroxylation is 1. The number of carbonyl (C=O) groups excluding carboxylic acids is 1. The zero-order valence-electron chi connectivity index (χ0n) is 14.2. The van der Waals surface area contributed by atoms with E-state index >= 15 is 0 Å². The Morgan fingerprint density at radius 3 is 2.96 bits per heavy atom. The number of nitrogens with two attached hydrogens (primary N) is 1. The number of para-hydroxylation sites is 2. The molecule has 2 aromatic rings. The lowest BCUT2D eigenvalue weighted by Gasteiger charge is -2.29. The smallest absolute Gasteiger partial charge is 0.265 e. The van der Waals surface area contributed by atoms with Crippen molar-refractivity contribution in [3.63, 3.8) is 0 Å². The maximum Gasteiger partial charge on any atom is 0.265 e. The average molecular weight is 338 g/mol. The highest BCUT2D eigenvalue weighted by Gasteiger charge is 2.24. The third kappa shape index (κ3) is 4.29. The summed E-state index contributed by atoms with van der Waals surface area (Å²) in [6, 6.07) is 15.5. The SMILES string of the molecule is Cc1cccc(NC(N)=NCCCN2C(=O)COc3ccccc32)c1. The number of nitrogens with zero attached hydrogens (tertiary/aromatic N) is 2. The van der Waals surface area contributed by atoms with Gasteiger partial charge in [-0.25, -0.2) is 0 Å². The zero-order chi connectivity index (χ0) is 17.6. The van der Waals surface area contributed by atoms with Crippen LogP contribution in [0.1, 0.15) is 12.0 Å². The first kappa shape index (κ1) is 16.8. The molecule has 0 saturated carbocycles. The first-order chi connectivity index (χ1) is 12.1. The standard InChI is InChI=1S/C19H22N4O2/c1-14-6-4-7-15(12-14)22-19(20)21-10-5-11-23-16-8-2-3-9-17(16)25-13-18(23)24/h2-4,6-9,12H,5,10-11,13H2,1H3,(H3,20,21,22). The number of ether oxygens (including phenoxy) is 1. The van der Waals surface area contributed by atoms with E-state index in [1.807, 2.05) is 55.5 Å². The largest absolute Gasteiger partial charge is 0.482 e. The Balaban J connectivity index is 1.53. The van der Waals surface area contributed by atoms with Crippen LogP contribution >= 0.6 is 0 Å². The summed E-state index contributed by atoms with van der Waals surface area (Å²) in [5.41, 5.74) is 8.80. The number of rotatable bonds is 5. The van der Waals surface area contributed by atoms with E-state index in [1.165, 1.54) is 0 Å². The molecule has 3 rings (SSSR count). The average Bonchev–Trinajstić information content (AvgIpc) is 2.60. The highest BCUT2D eigenvalue weighted by atomic mass is 16.5. The molecule has 0 radical (unpaired) electrons. The highest BCUT2D eigenvalue weighted by molar-refractivity contribution is 5.97. The Kier molecular flexibility index (Phi) is 5.18. The molecule has 0 unspecified atom stereocenters. The van der Waals surface area contributed by atoms with Crippen LogP contribution in [0.25, 0.3) is 0 Å². The third-order valence-electron chi connectivity index (χ3n) is 3.92. The van der Waals surface area contributed by atoms with Gasteiger partial charge in [-0.1, -0.05) is 24.3 Å². The van der Waals surface area contributed by atoms with Gasteiger partial charge in [-0.3, -0.25) is 9.79 Å². The number of guanidine groups is 1. The van der Waals surface area contributed by atoms with Crippen molar-refractivity contribution in [2.75, 3.05) is 29.9 Å². The maximum absolute atomic E-state index is 12.1. The van der Waals surface area contributed by atoms with Crippen LogP contribution in [0.3, 0.4) is 0 Å². The molecular formula is C19H22N4O2. The summed E-state index contributed by atoms with van der Waals surface area (Å²) in [5.74, 6) is 1.08. The van der Waals surface area contributed by atoms with Crippen LogP contribution in [0.2, 0.25) is 0 Å². The molecule has 130 valence electrons. The van der Waals surface area contributed by atoms with E-state index in [2.05, 4.69) is 10.3 Å². The van der Waals surface area contributed by atoms with Gasteiger partial charge < -0.3 is 20.7 Å². The van der Waals surface area contributed by atoms with Crippen LogP contribution in [-0.4, -0.2) is 31.6 Å². The van der Waals surface area contributed by atoms with Crippen LogP contribution in [0.15, 0.2) is 53.5 Å². The quantitative estimate of drug-likeness (QED) is 0.499. The molecule has 6 nitrogen and oxygen atoms in total. The third-order valence-corrected chi connectivity index (χ3v) is 3.92. The van der Waals surface area contributed by atoms with Crippen molar-refractivity contribution in [2.45, 2.75) is 13.3 Å². The minimum Gasteiger partial charge on any atom is -0.482 e. The number of aliphatic imine (C=N–C) groups is 1. The molecule has 25 heavy (non-hydrogen) atoms. The molecule has 0 spiro atoms. The van der Waals surface area contributed by atoms with Gasteiger partial charge in [0.2, 0.25) is 0 Å². The summed E-state index contributed by atoms with van der Waals surface area (Å²) in [6.07, 6.45) is 0.719. The van der Waals surface area contributed by atoms with Crippen molar-refractivity contribution in [1.82, 2.24) is 0 Å². The van der Waals surface area contributed by atoms with Crippen LogP contribution in [0.5, 0.6) is 5.75 Å². The van der Waals surface area contributed by atoms with Crippen molar-refractivity contribution < 1.29 is 9.53 Å². The topological polar surface area (TPSA) is 80.0 Å². The minimum atomic E-state index is -0.0338. The molecule has 2 aromatic carbocycles. The minimum absolute atomic E-state index is 0.0338. The first-order valence-corrected chi connectivity index (χ1v) is 8.29. The molecule has 0 saturated heterocycles. The Hall–Kier alpha value is -3.02. The molecule has 0 bridgehead atoms. The lowest BCUT2D eigenvalue weighted by atomic mass is 10.2. The number of hydrogen-bond acceptors (Lipinski definition) is 3. The van der Waals surface area contributed by atoms with Crippen molar-refractivity contribution >= 4 is 23.2 Å². The van der Waals surface area contributed by atoms with Crippen LogP contribution in [0, 0.1) is 6.92 Å². The molecule has 1 heterocycles. The van der Waals surface area contributed by atoms with Crippen molar-refractivity contribution in [3.05, 3.63) is 54.1 Å². The van der Waals surface area contributed by atoms with E-state index in [-0.39, 0.29) is 12.5 Å². The fourth-order valence-electron chi connectivity index (χ4n) is 2.74. The molecule has 0 aromatic heterocycles. The fraction of sp³-hybridized carbons (Fsp3) is 0.263. The van der Waals surface area contributed by atoms with Gasteiger partial charge in [-0.2, -0.15) is 0 Å². The van der Waals surface area contributed by atoms with Crippen molar-refractivity contribution in [1.29, 1.82) is 0 Å². The summed E-state index contributed by atoms with van der Waals surface area (Å²) in [6.45, 7) is 3.23. The first-order valence-electron chi connectivity index (χ1n) is 8.29. The van der Waals surface area contributed by atoms with Gasteiger partial charge in [0.25, 0.3) is 5.91 Å². The van der Waals surface area contributed by atoms with Gasteiger partial charge in [0.1, 0.15) is 5.75 Å². The normalized spacial score (nSPS) is 14.0. The fourth-order valence-corrected chi connectivity index (χ4v) is 2.74. The number of nitrogens with one attached hydrogen (secondary N) is 1. The summed E-state index contributed by atoms with van der Waals surface area (Å²) in [5, 5.41) is 3.07. The predicted octanol–water partition coefficient (Wildman–Crippen LogP) is 2.54. The molecule has 0 atom stereocenters. The monoisotopic (exact) mass is 338 g/mol. The van der Waals surface area contributed by atoms with Gasteiger partial charge in [-0.15, -0.1) is 0 Å². The Labute approximate surface area is 147 Å². The van der Waals surface area contributed by atoms with Gasteiger partial charge >= 0.3 is 0 Å². The lowest BCUT2D eigenvalue weighted by Crippen LogP contribution is -2.39. The molecule has 3 N–H and O–H groups in total. The van der Waals surface area contributed by atoms with E-state index in [0.717, 1.165) is 29.1 Å². The van der Waals surface area contributed by atoms with Crippen molar-refractivity contribution in [2.24, 2.45) is 10.7 Å². The number of anilines is 2. The molecular weight excluding hydrogens is 316 g/mol. The van der Waals surface area contributed by atoms with Gasteiger partial charge in [0.15, 0.2) is 12.6 Å². The molecule has 0 fully saturated rings. The van der Waals surface area contributed by atoms with Crippen LogP contribution in [0.4, 0.5) is 11.4 Å². The predicted molar refractivity (Wildman–Crippen MR) is 100 cm³/mol. The summed E-state index contributed by atoms with van der Waals surface area (Å²) in [7, 11) is 0. The van der Waals surface area contributed by atoms with Crippen LogP contribution in [-0.2, 0) is 4.79 Å². The second-order valence-corrected chi connectivity index (χ2v) is 5.92. The molecule has 1 aliphatic rings. The van der Waals surface area contributed by atoms with Crippen LogP contribution < -0.4 is 20.7 Å². The van der Waals surface area contributed by atoms with Gasteiger partial charge in [0, 0.05) is 18.8 Å². The number of hydrogen-bond donors (Lipinski definition) is 2. The molecule has 6 heteroatoms. The summed E-state index contributed by atoms with van der Waals surface area (Å²) < 4.78 is 5.44. The van der Waals surface area contributed by atoms with Crippen molar-refractivity contribution in [3.8, 4) is 5.75 Å². The van der Waals surface area contributed by atoms with Gasteiger partial charge in [0.05, 0.1) is 5.69 Å². The number of fused-ring (bicyclic) bond motifs is 1. The van der Waals surface area contributed by atoms with E-state index in [4.69, 9.17) is 10.5 Å².